The third kappa shape index (κ3) is 6.12. The smallest absolute Gasteiger partial charge is 0.191 e. The van der Waals surface area contributed by atoms with Crippen LogP contribution in [-0.2, 0) is 25.9 Å². The van der Waals surface area contributed by atoms with Crippen LogP contribution in [0.1, 0.15) is 42.9 Å². The molecule has 6 nitrogen and oxygen atoms in total. The predicted octanol–water partition coefficient (Wildman–Crippen LogP) is 3.23. The fourth-order valence-electron chi connectivity index (χ4n) is 3.45. The number of halogens is 1. The summed E-state index contributed by atoms with van der Waals surface area (Å²) in [4.78, 5) is 4.70. The standard InChI is InChI=1S/C20H29N5O.HI/c1-2-21-20(22-11-5-13-25-14-6-12-24-25)23-15-18-17-8-4-3-7-16(17)9-10-19(18)26;/h6,9-10,12,14,26H,2-5,7-8,11,13,15H2,1H3,(H2,21,22,23);1H. The van der Waals surface area contributed by atoms with Gasteiger partial charge < -0.3 is 15.7 Å². The van der Waals surface area contributed by atoms with E-state index in [1.165, 1.54) is 24.0 Å². The largest absolute Gasteiger partial charge is 0.508 e. The minimum absolute atomic E-state index is 0. The lowest BCUT2D eigenvalue weighted by molar-refractivity contribution is 0.465. The second-order valence-electron chi connectivity index (χ2n) is 6.65. The zero-order valence-corrected chi connectivity index (χ0v) is 18.3. The molecule has 148 valence electrons. The maximum atomic E-state index is 10.3. The monoisotopic (exact) mass is 483 g/mol. The fourth-order valence-corrected chi connectivity index (χ4v) is 3.45. The lowest BCUT2D eigenvalue weighted by Crippen LogP contribution is -2.38. The molecule has 1 aromatic heterocycles. The molecule has 0 aliphatic heterocycles. The molecular weight excluding hydrogens is 453 g/mol. The third-order valence-corrected chi connectivity index (χ3v) is 4.78. The van der Waals surface area contributed by atoms with E-state index in [1.807, 2.05) is 23.0 Å². The Balaban J connectivity index is 0.00000261. The number of phenols is 1. The molecule has 1 aliphatic rings. The van der Waals surface area contributed by atoms with E-state index in [4.69, 9.17) is 4.99 Å². The average molecular weight is 483 g/mol. The van der Waals surface area contributed by atoms with Gasteiger partial charge in [0.15, 0.2) is 5.96 Å². The van der Waals surface area contributed by atoms with Gasteiger partial charge in [-0.2, -0.15) is 5.10 Å². The lowest BCUT2D eigenvalue weighted by Gasteiger charge is -2.20. The number of aromatic nitrogens is 2. The zero-order valence-electron chi connectivity index (χ0n) is 15.9. The number of nitrogens with one attached hydrogen (secondary N) is 2. The van der Waals surface area contributed by atoms with Crippen LogP contribution in [-0.4, -0.2) is 33.9 Å². The summed E-state index contributed by atoms with van der Waals surface area (Å²) in [6, 6.07) is 5.82. The molecule has 3 N–H and O–H groups in total. The number of guanidine groups is 1. The first-order chi connectivity index (χ1) is 12.8. The third-order valence-electron chi connectivity index (χ3n) is 4.78. The fraction of sp³-hybridized carbons (Fsp3) is 0.500. The highest BCUT2D eigenvalue weighted by molar-refractivity contribution is 14.0. The van der Waals surface area contributed by atoms with Crippen molar-refractivity contribution in [2.24, 2.45) is 4.99 Å². The molecule has 0 saturated carbocycles. The molecule has 0 spiro atoms. The highest BCUT2D eigenvalue weighted by atomic mass is 127. The Morgan fingerprint density at radius 3 is 2.89 bits per heavy atom. The number of aromatic hydroxyl groups is 1. The first-order valence-electron chi connectivity index (χ1n) is 9.60. The molecule has 2 aromatic rings. The van der Waals surface area contributed by atoms with E-state index in [1.54, 1.807) is 6.20 Å². The summed E-state index contributed by atoms with van der Waals surface area (Å²) in [5.74, 6) is 1.16. The van der Waals surface area contributed by atoms with Gasteiger partial charge in [-0.25, -0.2) is 4.99 Å². The van der Waals surface area contributed by atoms with Gasteiger partial charge in [0.05, 0.1) is 6.54 Å². The van der Waals surface area contributed by atoms with Crippen molar-refractivity contribution in [3.05, 3.63) is 47.3 Å². The van der Waals surface area contributed by atoms with Crippen molar-refractivity contribution in [1.29, 1.82) is 0 Å². The van der Waals surface area contributed by atoms with Crippen LogP contribution in [0, 0.1) is 0 Å². The van der Waals surface area contributed by atoms with Gasteiger partial charge in [0.25, 0.3) is 0 Å². The quantitative estimate of drug-likeness (QED) is 0.245. The molecule has 1 heterocycles. The van der Waals surface area contributed by atoms with E-state index < -0.39 is 0 Å². The Hall–Kier alpha value is -1.77. The van der Waals surface area contributed by atoms with E-state index in [9.17, 15) is 5.11 Å². The Labute approximate surface area is 178 Å². The first kappa shape index (κ1) is 21.5. The van der Waals surface area contributed by atoms with E-state index in [2.05, 4.69) is 28.7 Å². The van der Waals surface area contributed by atoms with Gasteiger partial charge in [0.2, 0.25) is 0 Å². The van der Waals surface area contributed by atoms with Crippen molar-refractivity contribution in [2.45, 2.75) is 52.1 Å². The minimum Gasteiger partial charge on any atom is -0.508 e. The van der Waals surface area contributed by atoms with Crippen molar-refractivity contribution in [3.63, 3.8) is 0 Å². The van der Waals surface area contributed by atoms with Crippen molar-refractivity contribution in [1.82, 2.24) is 20.4 Å². The molecule has 1 aromatic carbocycles. The number of phenolic OH excluding ortho intramolecular Hbond substituents is 1. The molecular formula is C20H30IN5O. The lowest BCUT2D eigenvalue weighted by atomic mass is 9.88. The number of aryl methyl sites for hydroxylation is 2. The maximum Gasteiger partial charge on any atom is 0.191 e. The molecule has 0 unspecified atom stereocenters. The summed E-state index contributed by atoms with van der Waals surface area (Å²) in [5, 5.41) is 21.2. The summed E-state index contributed by atoms with van der Waals surface area (Å²) < 4.78 is 1.93. The number of nitrogens with zero attached hydrogens (tertiary/aromatic N) is 3. The van der Waals surface area contributed by atoms with Gasteiger partial charge in [0, 0.05) is 37.6 Å². The Kier molecular flexibility index (Phi) is 8.90. The number of hydrogen-bond acceptors (Lipinski definition) is 3. The molecule has 0 radical (unpaired) electrons. The van der Waals surface area contributed by atoms with Crippen LogP contribution >= 0.6 is 24.0 Å². The molecule has 0 saturated heterocycles. The molecule has 7 heteroatoms. The Bertz CT molecular complexity index is 730. The molecule has 3 rings (SSSR count). The summed E-state index contributed by atoms with van der Waals surface area (Å²) in [6.45, 7) is 5.08. The number of hydrogen-bond donors (Lipinski definition) is 3. The van der Waals surface area contributed by atoms with Gasteiger partial charge in [-0.1, -0.05) is 6.07 Å². The summed E-state index contributed by atoms with van der Waals surface area (Å²) in [7, 11) is 0. The highest BCUT2D eigenvalue weighted by Crippen LogP contribution is 2.30. The highest BCUT2D eigenvalue weighted by Gasteiger charge is 2.16. The van der Waals surface area contributed by atoms with Gasteiger partial charge in [-0.05, 0) is 62.3 Å². The van der Waals surface area contributed by atoms with Crippen molar-refractivity contribution in [3.8, 4) is 5.75 Å². The number of benzene rings is 1. The van der Waals surface area contributed by atoms with Gasteiger partial charge in [0.1, 0.15) is 5.75 Å². The number of aliphatic imine (C=N–C) groups is 1. The SMILES string of the molecule is CCNC(=NCc1c(O)ccc2c1CCCC2)NCCCn1cccn1.I. The second-order valence-corrected chi connectivity index (χ2v) is 6.65. The Morgan fingerprint density at radius 1 is 1.26 bits per heavy atom. The van der Waals surface area contributed by atoms with Gasteiger partial charge in [-0.15, -0.1) is 24.0 Å². The summed E-state index contributed by atoms with van der Waals surface area (Å²) in [6.07, 6.45) is 9.32. The average Bonchev–Trinajstić information content (AvgIpc) is 3.17. The first-order valence-corrected chi connectivity index (χ1v) is 9.60. The zero-order chi connectivity index (χ0) is 18.2. The van der Waals surface area contributed by atoms with Crippen LogP contribution in [0.3, 0.4) is 0 Å². The van der Waals surface area contributed by atoms with Crippen molar-refractivity contribution < 1.29 is 5.11 Å². The summed E-state index contributed by atoms with van der Waals surface area (Å²) >= 11 is 0. The van der Waals surface area contributed by atoms with Crippen LogP contribution in [0.15, 0.2) is 35.6 Å². The molecule has 27 heavy (non-hydrogen) atoms. The molecule has 0 fully saturated rings. The molecule has 0 amide bonds. The van der Waals surface area contributed by atoms with Crippen LogP contribution in [0.25, 0.3) is 0 Å². The van der Waals surface area contributed by atoms with Gasteiger partial charge in [-0.3, -0.25) is 4.68 Å². The van der Waals surface area contributed by atoms with Crippen LogP contribution in [0.4, 0.5) is 0 Å². The summed E-state index contributed by atoms with van der Waals surface area (Å²) in [5.41, 5.74) is 3.65. The van der Waals surface area contributed by atoms with Crippen molar-refractivity contribution >= 4 is 29.9 Å². The predicted molar refractivity (Wildman–Crippen MR) is 120 cm³/mol. The van der Waals surface area contributed by atoms with E-state index in [0.29, 0.717) is 12.3 Å². The van der Waals surface area contributed by atoms with Gasteiger partial charge >= 0.3 is 0 Å². The van der Waals surface area contributed by atoms with E-state index in [0.717, 1.165) is 50.4 Å². The normalized spacial score (nSPS) is 13.6. The van der Waals surface area contributed by atoms with Crippen LogP contribution in [0.5, 0.6) is 5.75 Å². The van der Waals surface area contributed by atoms with Crippen LogP contribution in [0.2, 0.25) is 0 Å². The second kappa shape index (κ2) is 11.2. The molecule has 0 atom stereocenters. The van der Waals surface area contributed by atoms with Crippen LogP contribution < -0.4 is 10.6 Å². The van der Waals surface area contributed by atoms with E-state index >= 15 is 0 Å². The molecule has 1 aliphatic carbocycles. The number of fused-ring (bicyclic) bond motifs is 1. The Morgan fingerprint density at radius 2 is 2.11 bits per heavy atom. The minimum atomic E-state index is 0. The molecule has 0 bridgehead atoms. The number of rotatable bonds is 7. The topological polar surface area (TPSA) is 74.5 Å². The van der Waals surface area contributed by atoms with Crippen molar-refractivity contribution in [2.75, 3.05) is 13.1 Å². The van der Waals surface area contributed by atoms with E-state index in [-0.39, 0.29) is 24.0 Å². The maximum absolute atomic E-state index is 10.3.